The lowest BCUT2D eigenvalue weighted by molar-refractivity contribution is -0.117. The van der Waals surface area contributed by atoms with Gasteiger partial charge in [-0.05, 0) is 6.92 Å². The molecule has 0 aromatic carbocycles. The molecule has 0 saturated heterocycles. The van der Waals surface area contributed by atoms with Gasteiger partial charge in [-0.15, -0.1) is 0 Å². The third-order valence-corrected chi connectivity index (χ3v) is 1.56. The zero-order valence-electron chi connectivity index (χ0n) is 7.74. The highest BCUT2D eigenvalue weighted by molar-refractivity contribution is 5.92. The number of ether oxygens (including phenoxy) is 1. The van der Waals surface area contributed by atoms with Gasteiger partial charge in [0.2, 0.25) is 5.91 Å². The molecule has 1 amide bonds. The number of nitrogens with zero attached hydrogens (tertiary/aromatic N) is 1. The molecule has 0 radical (unpaired) electrons. The summed E-state index contributed by atoms with van der Waals surface area (Å²) in [4.78, 5) is 21.9. The summed E-state index contributed by atoms with van der Waals surface area (Å²) in [6.45, 7) is 1.98. The first-order valence-corrected chi connectivity index (χ1v) is 4.12. The summed E-state index contributed by atoms with van der Waals surface area (Å²) >= 11 is 0. The fraction of sp³-hybridized carbons (Fsp3) is 0.375. The average Bonchev–Trinajstić information content (AvgIpc) is 2.51. The Bertz CT molecular complexity index is 345. The van der Waals surface area contributed by atoms with Crippen LogP contribution in [0.15, 0.2) is 6.20 Å². The number of hydrogen-bond acceptors (Lipinski definition) is 4. The van der Waals surface area contributed by atoms with Gasteiger partial charge in [0.15, 0.2) is 0 Å². The molecular formula is C8H11N3O3. The first-order valence-electron chi connectivity index (χ1n) is 4.12. The molecule has 0 aliphatic carbocycles. The average molecular weight is 197 g/mol. The number of hydrogen-bond donors (Lipinski definition) is 2. The monoisotopic (exact) mass is 197 g/mol. The maximum absolute atomic E-state index is 11.3. The van der Waals surface area contributed by atoms with Crippen molar-refractivity contribution in [2.75, 3.05) is 6.61 Å². The van der Waals surface area contributed by atoms with E-state index in [1.165, 1.54) is 6.20 Å². The van der Waals surface area contributed by atoms with Crippen LogP contribution in [0.3, 0.4) is 0 Å². The van der Waals surface area contributed by atoms with Gasteiger partial charge in [-0.2, -0.15) is 5.10 Å². The molecule has 1 aromatic heterocycles. The van der Waals surface area contributed by atoms with Crippen molar-refractivity contribution in [3.8, 4) is 0 Å². The van der Waals surface area contributed by atoms with Gasteiger partial charge in [-0.3, -0.25) is 9.89 Å². The van der Waals surface area contributed by atoms with Crippen molar-refractivity contribution in [1.82, 2.24) is 10.2 Å². The summed E-state index contributed by atoms with van der Waals surface area (Å²) in [5.74, 6) is -1.03. The van der Waals surface area contributed by atoms with E-state index >= 15 is 0 Å². The molecule has 0 unspecified atom stereocenters. The summed E-state index contributed by atoms with van der Waals surface area (Å²) in [5.41, 5.74) is 5.63. The number of amides is 1. The number of aromatic nitrogens is 2. The maximum Gasteiger partial charge on any atom is 0.341 e. The van der Waals surface area contributed by atoms with Crippen LogP contribution in [0.2, 0.25) is 0 Å². The van der Waals surface area contributed by atoms with E-state index in [0.29, 0.717) is 5.69 Å². The van der Waals surface area contributed by atoms with Gasteiger partial charge >= 0.3 is 5.97 Å². The summed E-state index contributed by atoms with van der Waals surface area (Å²) in [5, 5.41) is 6.17. The summed E-state index contributed by atoms with van der Waals surface area (Å²) in [6.07, 6.45) is 1.27. The Morgan fingerprint density at radius 3 is 2.93 bits per heavy atom. The highest BCUT2D eigenvalue weighted by Gasteiger charge is 2.15. The third kappa shape index (κ3) is 2.32. The quantitative estimate of drug-likeness (QED) is 0.642. The lowest BCUT2D eigenvalue weighted by Crippen LogP contribution is -2.16. The number of rotatable bonds is 4. The lowest BCUT2D eigenvalue weighted by Gasteiger charge is -2.00. The number of aromatic amines is 1. The number of nitrogens with one attached hydrogen (secondary N) is 1. The molecule has 76 valence electrons. The van der Waals surface area contributed by atoms with Crippen LogP contribution in [-0.2, 0) is 16.0 Å². The Hall–Kier alpha value is -1.85. The van der Waals surface area contributed by atoms with Gasteiger partial charge in [-0.1, -0.05) is 0 Å². The molecule has 6 heteroatoms. The fourth-order valence-electron chi connectivity index (χ4n) is 1.01. The van der Waals surface area contributed by atoms with E-state index in [9.17, 15) is 9.59 Å². The second-order valence-electron chi connectivity index (χ2n) is 2.63. The maximum atomic E-state index is 11.3. The minimum Gasteiger partial charge on any atom is -0.462 e. The van der Waals surface area contributed by atoms with Crippen molar-refractivity contribution in [1.29, 1.82) is 0 Å². The summed E-state index contributed by atoms with van der Waals surface area (Å²) in [7, 11) is 0. The number of esters is 1. The van der Waals surface area contributed by atoms with Crippen LogP contribution in [0.5, 0.6) is 0 Å². The van der Waals surface area contributed by atoms with Crippen molar-refractivity contribution in [3.63, 3.8) is 0 Å². The minimum absolute atomic E-state index is 0.0475. The Labute approximate surface area is 80.4 Å². The molecule has 14 heavy (non-hydrogen) atoms. The standard InChI is InChI=1S/C8H11N3O3/c1-2-14-8(13)5-4-10-11-6(5)3-7(9)12/h4H,2-3H2,1H3,(H2,9,12)(H,10,11). The van der Waals surface area contributed by atoms with Crippen LogP contribution in [0.25, 0.3) is 0 Å². The van der Waals surface area contributed by atoms with Crippen molar-refractivity contribution < 1.29 is 14.3 Å². The van der Waals surface area contributed by atoms with E-state index in [0.717, 1.165) is 0 Å². The highest BCUT2D eigenvalue weighted by atomic mass is 16.5. The first kappa shape index (κ1) is 10.2. The smallest absolute Gasteiger partial charge is 0.341 e. The molecule has 0 atom stereocenters. The molecular weight excluding hydrogens is 186 g/mol. The van der Waals surface area contributed by atoms with Crippen LogP contribution < -0.4 is 5.73 Å². The van der Waals surface area contributed by atoms with E-state index in [1.54, 1.807) is 6.92 Å². The number of H-pyrrole nitrogens is 1. The predicted octanol–water partition coefficient (Wildman–Crippen LogP) is -0.386. The Balaban J connectivity index is 2.81. The van der Waals surface area contributed by atoms with E-state index in [1.807, 2.05) is 0 Å². The predicted molar refractivity (Wildman–Crippen MR) is 47.4 cm³/mol. The highest BCUT2D eigenvalue weighted by Crippen LogP contribution is 2.06. The van der Waals surface area contributed by atoms with Crippen molar-refractivity contribution >= 4 is 11.9 Å². The molecule has 1 heterocycles. The van der Waals surface area contributed by atoms with Crippen LogP contribution >= 0.6 is 0 Å². The number of carbonyl (C=O) groups excluding carboxylic acids is 2. The lowest BCUT2D eigenvalue weighted by atomic mass is 10.2. The molecule has 1 aromatic rings. The van der Waals surface area contributed by atoms with Crippen molar-refractivity contribution in [2.24, 2.45) is 5.73 Å². The van der Waals surface area contributed by atoms with E-state index in [4.69, 9.17) is 10.5 Å². The molecule has 6 nitrogen and oxygen atoms in total. The van der Waals surface area contributed by atoms with Crippen LogP contribution in [-0.4, -0.2) is 28.7 Å². The van der Waals surface area contributed by atoms with Gasteiger partial charge in [0.25, 0.3) is 0 Å². The van der Waals surface area contributed by atoms with E-state index in [-0.39, 0.29) is 18.6 Å². The van der Waals surface area contributed by atoms with Gasteiger partial charge < -0.3 is 10.5 Å². The second kappa shape index (κ2) is 4.40. The van der Waals surface area contributed by atoms with Crippen molar-refractivity contribution in [3.05, 3.63) is 17.5 Å². The zero-order valence-corrected chi connectivity index (χ0v) is 7.74. The third-order valence-electron chi connectivity index (χ3n) is 1.56. The van der Waals surface area contributed by atoms with Crippen LogP contribution in [0, 0.1) is 0 Å². The van der Waals surface area contributed by atoms with Gasteiger partial charge in [0, 0.05) is 0 Å². The topological polar surface area (TPSA) is 98.1 Å². The van der Waals surface area contributed by atoms with E-state index < -0.39 is 11.9 Å². The fourth-order valence-corrected chi connectivity index (χ4v) is 1.01. The van der Waals surface area contributed by atoms with Gasteiger partial charge in [0.1, 0.15) is 5.56 Å². The Kier molecular flexibility index (Phi) is 3.22. The molecule has 0 aliphatic rings. The molecule has 0 bridgehead atoms. The number of primary amides is 1. The molecule has 1 rings (SSSR count). The Morgan fingerprint density at radius 1 is 1.64 bits per heavy atom. The number of carbonyl (C=O) groups is 2. The molecule has 0 aliphatic heterocycles. The van der Waals surface area contributed by atoms with Gasteiger partial charge in [0.05, 0.1) is 24.9 Å². The minimum atomic E-state index is -0.528. The summed E-state index contributed by atoms with van der Waals surface area (Å²) in [6, 6.07) is 0. The van der Waals surface area contributed by atoms with Crippen LogP contribution in [0.4, 0.5) is 0 Å². The Morgan fingerprint density at radius 2 is 2.36 bits per heavy atom. The SMILES string of the molecule is CCOC(=O)c1cn[nH]c1CC(N)=O. The van der Waals surface area contributed by atoms with Crippen LogP contribution in [0.1, 0.15) is 23.0 Å². The molecule has 3 N–H and O–H groups in total. The second-order valence-corrected chi connectivity index (χ2v) is 2.63. The van der Waals surface area contributed by atoms with Crippen molar-refractivity contribution in [2.45, 2.75) is 13.3 Å². The normalized spacial score (nSPS) is 9.79. The molecule has 0 fully saturated rings. The molecule has 0 spiro atoms. The number of nitrogens with two attached hydrogens (primary N) is 1. The summed E-state index contributed by atoms with van der Waals surface area (Å²) < 4.78 is 4.76. The first-order chi connectivity index (χ1) is 6.65. The van der Waals surface area contributed by atoms with E-state index in [2.05, 4.69) is 10.2 Å². The largest absolute Gasteiger partial charge is 0.462 e. The van der Waals surface area contributed by atoms with Gasteiger partial charge in [-0.25, -0.2) is 4.79 Å². The zero-order chi connectivity index (χ0) is 10.6. The molecule has 0 saturated carbocycles.